The van der Waals surface area contributed by atoms with Crippen molar-refractivity contribution < 1.29 is 18.6 Å². The number of hydrogen-bond donors (Lipinski definition) is 1. The minimum Gasteiger partial charge on any atom is -0.486 e. The second-order valence-corrected chi connectivity index (χ2v) is 13.8. The number of aromatic nitrogens is 1. The molecule has 44 heavy (non-hydrogen) atoms. The minimum atomic E-state index is -1.52. The Hall–Kier alpha value is -4.59. The summed E-state index contributed by atoms with van der Waals surface area (Å²) in [6, 6.07) is 39.4. The molecule has 223 valence electrons. The molecule has 1 aliphatic heterocycles. The van der Waals surface area contributed by atoms with Gasteiger partial charge in [0.15, 0.2) is 11.5 Å². The number of methoxy groups -OCH3 is 1. The van der Waals surface area contributed by atoms with Gasteiger partial charge < -0.3 is 24.0 Å². The van der Waals surface area contributed by atoms with Crippen molar-refractivity contribution in [2.75, 3.05) is 25.6 Å². The molecule has 4 aromatic carbocycles. The van der Waals surface area contributed by atoms with Crippen LogP contribution in [-0.4, -0.2) is 34.3 Å². The normalized spacial score (nSPS) is 13.4. The van der Waals surface area contributed by atoms with Crippen LogP contribution in [0.2, 0.25) is 0 Å². The molecule has 0 saturated heterocycles. The van der Waals surface area contributed by atoms with Crippen molar-refractivity contribution in [2.45, 2.75) is 26.9 Å². The highest BCUT2D eigenvalue weighted by Crippen LogP contribution is 2.41. The van der Waals surface area contributed by atoms with Gasteiger partial charge in [0.25, 0.3) is 9.04 Å². The van der Waals surface area contributed by atoms with Crippen LogP contribution in [0.15, 0.2) is 115 Å². The number of ether oxygens (including phenoxy) is 3. The molecule has 1 radical (unpaired) electrons. The topological polar surface area (TPSA) is 61.8 Å². The van der Waals surface area contributed by atoms with Crippen molar-refractivity contribution in [1.82, 2.24) is 4.98 Å². The molecular weight excluding hydrogens is 565 g/mol. The Morgan fingerprint density at radius 3 is 2.14 bits per heavy atom. The lowest BCUT2D eigenvalue weighted by Gasteiger charge is -2.34. The standard InChI is InChI=1S/C37H37N2O4Si/c1-37(2,3)35(43-44(28-15-7-5-8-16-28)29-17-9-6-10-18-29)26-13-11-14-27(25-26)38-32-22-21-31(39-36(32)40-4)30-19-12-20-33-34(30)42-24-23-41-33/h5-22,25,35,38H,23-24H2,1-4H3. The van der Waals surface area contributed by atoms with Crippen molar-refractivity contribution in [2.24, 2.45) is 5.41 Å². The van der Waals surface area contributed by atoms with Crippen LogP contribution in [0.3, 0.4) is 0 Å². The summed E-state index contributed by atoms with van der Waals surface area (Å²) < 4.78 is 24.6. The van der Waals surface area contributed by atoms with Gasteiger partial charge in [-0.1, -0.05) is 99.6 Å². The number of benzene rings is 4. The Morgan fingerprint density at radius 2 is 1.45 bits per heavy atom. The zero-order valence-corrected chi connectivity index (χ0v) is 26.5. The first kappa shape index (κ1) is 29.5. The Morgan fingerprint density at radius 1 is 0.773 bits per heavy atom. The summed E-state index contributed by atoms with van der Waals surface area (Å²) in [5, 5.41) is 5.98. The monoisotopic (exact) mass is 601 g/mol. The van der Waals surface area contributed by atoms with Crippen LogP contribution in [0.25, 0.3) is 11.3 Å². The average Bonchev–Trinajstić information content (AvgIpc) is 3.05. The van der Waals surface area contributed by atoms with Gasteiger partial charge in [-0.15, -0.1) is 0 Å². The Bertz CT molecular complexity index is 1670. The highest BCUT2D eigenvalue weighted by Gasteiger charge is 2.32. The molecule has 5 aromatic rings. The van der Waals surface area contributed by atoms with Gasteiger partial charge in [-0.2, -0.15) is 0 Å². The van der Waals surface area contributed by atoms with Crippen molar-refractivity contribution in [3.05, 3.63) is 121 Å². The summed E-state index contributed by atoms with van der Waals surface area (Å²) in [5.74, 6) is 1.93. The molecule has 1 N–H and O–H groups in total. The van der Waals surface area contributed by atoms with Gasteiger partial charge in [0, 0.05) is 11.3 Å². The van der Waals surface area contributed by atoms with Crippen LogP contribution in [0, 0.1) is 5.41 Å². The van der Waals surface area contributed by atoms with Crippen molar-refractivity contribution >= 4 is 30.8 Å². The zero-order chi connectivity index (χ0) is 30.5. The second kappa shape index (κ2) is 13.0. The van der Waals surface area contributed by atoms with E-state index in [0.29, 0.717) is 24.8 Å². The molecular formula is C37H37N2O4Si. The smallest absolute Gasteiger partial charge is 0.283 e. The molecule has 0 aliphatic carbocycles. The van der Waals surface area contributed by atoms with E-state index in [1.54, 1.807) is 7.11 Å². The number of hydrogen-bond acceptors (Lipinski definition) is 6. The number of nitrogens with one attached hydrogen (secondary N) is 1. The lowest BCUT2D eigenvalue weighted by molar-refractivity contribution is 0.0897. The van der Waals surface area contributed by atoms with Gasteiger partial charge in [-0.3, -0.25) is 0 Å². The maximum Gasteiger partial charge on any atom is 0.283 e. The Kier molecular flexibility index (Phi) is 8.68. The summed E-state index contributed by atoms with van der Waals surface area (Å²) in [7, 11) is 0.117. The van der Waals surface area contributed by atoms with Crippen molar-refractivity contribution in [1.29, 1.82) is 0 Å². The van der Waals surface area contributed by atoms with Crippen LogP contribution in [0.1, 0.15) is 32.4 Å². The van der Waals surface area contributed by atoms with Gasteiger partial charge in [-0.25, -0.2) is 4.98 Å². The molecule has 7 heteroatoms. The number of rotatable bonds is 9. The average molecular weight is 602 g/mol. The molecule has 1 atom stereocenters. The van der Waals surface area contributed by atoms with Gasteiger partial charge >= 0.3 is 0 Å². The third-order valence-electron chi connectivity index (χ3n) is 7.46. The molecule has 0 amide bonds. The van der Waals surface area contributed by atoms with E-state index in [1.165, 1.54) is 10.4 Å². The van der Waals surface area contributed by atoms with Gasteiger partial charge in [0.05, 0.1) is 18.9 Å². The van der Waals surface area contributed by atoms with Crippen molar-refractivity contribution in [3.63, 3.8) is 0 Å². The first-order valence-electron chi connectivity index (χ1n) is 14.9. The zero-order valence-electron chi connectivity index (χ0n) is 25.5. The van der Waals surface area contributed by atoms with E-state index >= 15 is 0 Å². The van der Waals surface area contributed by atoms with E-state index in [9.17, 15) is 0 Å². The summed E-state index contributed by atoms with van der Waals surface area (Å²) >= 11 is 0. The quantitative estimate of drug-likeness (QED) is 0.181. The molecule has 1 aliphatic rings. The summed E-state index contributed by atoms with van der Waals surface area (Å²) in [5.41, 5.74) is 4.26. The Labute approximate surface area is 261 Å². The van der Waals surface area contributed by atoms with Crippen molar-refractivity contribution in [3.8, 4) is 28.6 Å². The molecule has 0 spiro atoms. The minimum absolute atomic E-state index is 0.146. The number of para-hydroxylation sites is 1. The molecule has 2 heterocycles. The number of pyridine rings is 1. The highest BCUT2D eigenvalue weighted by molar-refractivity contribution is 6.80. The molecule has 6 nitrogen and oxygen atoms in total. The fourth-order valence-electron chi connectivity index (χ4n) is 5.40. The number of anilines is 2. The summed E-state index contributed by atoms with van der Waals surface area (Å²) in [4.78, 5) is 4.83. The molecule has 0 saturated carbocycles. The maximum atomic E-state index is 7.15. The predicted molar refractivity (Wildman–Crippen MR) is 178 cm³/mol. The fraction of sp³-hybridized carbons (Fsp3) is 0.216. The van der Waals surface area contributed by atoms with Crippen LogP contribution in [-0.2, 0) is 4.43 Å². The summed E-state index contributed by atoms with van der Waals surface area (Å²) in [6.45, 7) is 7.74. The third-order valence-corrected chi connectivity index (χ3v) is 9.65. The predicted octanol–water partition coefficient (Wildman–Crippen LogP) is 7.18. The maximum absolute atomic E-state index is 7.15. The highest BCUT2D eigenvalue weighted by atomic mass is 28.3. The SMILES string of the molecule is COc1nc(-c2cccc3c2OCCO3)ccc1Nc1cccc(C(O[Si](c2ccccc2)c2ccccc2)C(C)(C)C)c1. The van der Waals surface area contributed by atoms with E-state index in [4.69, 9.17) is 23.6 Å². The number of nitrogens with zero attached hydrogens (tertiary/aromatic N) is 1. The van der Waals surface area contributed by atoms with Gasteiger partial charge in [-0.05, 0) is 57.8 Å². The fourth-order valence-corrected chi connectivity index (χ4v) is 7.72. The summed E-state index contributed by atoms with van der Waals surface area (Å²) in [6.07, 6.45) is -0.146. The Balaban J connectivity index is 1.30. The van der Waals surface area contributed by atoms with E-state index in [0.717, 1.165) is 33.9 Å². The van der Waals surface area contributed by atoms with Crippen LogP contribution < -0.4 is 29.9 Å². The second-order valence-electron chi connectivity index (χ2n) is 11.8. The lowest BCUT2D eigenvalue weighted by Crippen LogP contribution is -2.47. The van der Waals surface area contributed by atoms with E-state index in [2.05, 4.69) is 111 Å². The lowest BCUT2D eigenvalue weighted by atomic mass is 9.85. The number of fused-ring (bicyclic) bond motifs is 1. The largest absolute Gasteiger partial charge is 0.486 e. The first-order valence-corrected chi connectivity index (χ1v) is 16.3. The van der Waals surface area contributed by atoms with E-state index in [-0.39, 0.29) is 11.5 Å². The molecule has 6 rings (SSSR count). The van der Waals surface area contributed by atoms with Crippen LogP contribution in [0.5, 0.6) is 17.4 Å². The van der Waals surface area contributed by atoms with Crippen LogP contribution in [0.4, 0.5) is 11.4 Å². The molecule has 0 fully saturated rings. The van der Waals surface area contributed by atoms with E-state index in [1.807, 2.05) is 30.3 Å². The molecule has 0 bridgehead atoms. The van der Waals surface area contributed by atoms with Gasteiger partial charge in [0.2, 0.25) is 5.88 Å². The van der Waals surface area contributed by atoms with Crippen LogP contribution >= 0.6 is 0 Å². The molecule has 1 unspecified atom stereocenters. The van der Waals surface area contributed by atoms with E-state index < -0.39 is 9.04 Å². The first-order chi connectivity index (χ1) is 21.4. The third kappa shape index (κ3) is 6.49. The van der Waals surface area contributed by atoms with Gasteiger partial charge in [0.1, 0.15) is 18.9 Å². The molecule has 1 aromatic heterocycles.